The fourth-order valence-corrected chi connectivity index (χ4v) is 3.92. The topological polar surface area (TPSA) is 110 Å². The van der Waals surface area contributed by atoms with Crippen molar-refractivity contribution < 1.29 is 18.1 Å². The molecule has 0 aliphatic heterocycles. The van der Waals surface area contributed by atoms with Gasteiger partial charge in [0.05, 0.1) is 16.9 Å². The van der Waals surface area contributed by atoms with Crippen LogP contribution in [-0.4, -0.2) is 32.0 Å². The summed E-state index contributed by atoms with van der Waals surface area (Å²) in [6.07, 6.45) is 1.42. The molecule has 1 N–H and O–H groups in total. The zero-order chi connectivity index (χ0) is 21.6. The van der Waals surface area contributed by atoms with Gasteiger partial charge >= 0.3 is 0 Å². The molecule has 0 aromatic heterocycles. The molecule has 2 aromatic carbocycles. The van der Waals surface area contributed by atoms with Gasteiger partial charge in [-0.05, 0) is 30.0 Å². The van der Waals surface area contributed by atoms with Gasteiger partial charge in [-0.15, -0.1) is 0 Å². The number of amides is 1. The Morgan fingerprint density at radius 2 is 1.86 bits per heavy atom. The van der Waals surface area contributed by atoms with Crippen molar-refractivity contribution in [1.29, 1.82) is 0 Å². The first-order chi connectivity index (χ1) is 13.6. The molecule has 0 spiro atoms. The van der Waals surface area contributed by atoms with E-state index < -0.39 is 14.9 Å². The Morgan fingerprint density at radius 3 is 2.48 bits per heavy atom. The molecule has 0 bridgehead atoms. The Labute approximate surface area is 170 Å². The van der Waals surface area contributed by atoms with Gasteiger partial charge in [-0.1, -0.05) is 38.1 Å². The first-order valence-corrected chi connectivity index (χ1v) is 11.1. The van der Waals surface area contributed by atoms with Crippen LogP contribution >= 0.6 is 0 Å². The van der Waals surface area contributed by atoms with Gasteiger partial charge in [0.25, 0.3) is 5.69 Å². The number of nitro benzene ring substituents is 1. The Hall–Kier alpha value is -2.94. The number of hydrogen-bond acceptors (Lipinski definition) is 5. The van der Waals surface area contributed by atoms with E-state index in [0.29, 0.717) is 0 Å². The van der Waals surface area contributed by atoms with Crippen molar-refractivity contribution >= 4 is 33.0 Å². The molecule has 1 amide bonds. The van der Waals surface area contributed by atoms with E-state index in [1.165, 1.54) is 24.3 Å². The summed E-state index contributed by atoms with van der Waals surface area (Å²) < 4.78 is 25.4. The highest BCUT2D eigenvalue weighted by molar-refractivity contribution is 7.92. The summed E-state index contributed by atoms with van der Waals surface area (Å²) >= 11 is 0. The molecule has 8 nitrogen and oxygen atoms in total. The van der Waals surface area contributed by atoms with Crippen LogP contribution in [0.2, 0.25) is 0 Å². The fraction of sp³-hybridized carbons (Fsp3) is 0.350. The Balaban J connectivity index is 2.05. The van der Waals surface area contributed by atoms with Gasteiger partial charge in [-0.25, -0.2) is 8.42 Å². The maximum absolute atomic E-state index is 12.3. The van der Waals surface area contributed by atoms with Gasteiger partial charge in [0, 0.05) is 30.8 Å². The monoisotopic (exact) mass is 419 g/mol. The molecule has 2 rings (SSSR count). The molecule has 2 aromatic rings. The number of nitro groups is 1. The van der Waals surface area contributed by atoms with E-state index in [4.69, 9.17) is 0 Å². The molecule has 0 fully saturated rings. The minimum atomic E-state index is -3.66. The third kappa shape index (κ3) is 6.28. The first-order valence-electron chi connectivity index (χ1n) is 9.20. The third-order valence-corrected chi connectivity index (χ3v) is 5.54. The molecular weight excluding hydrogens is 394 g/mol. The molecular formula is C20H25N3O5S. The molecule has 156 valence electrons. The van der Waals surface area contributed by atoms with Crippen molar-refractivity contribution in [3.8, 4) is 0 Å². The van der Waals surface area contributed by atoms with Crippen LogP contribution in [0.5, 0.6) is 0 Å². The zero-order valence-corrected chi connectivity index (χ0v) is 17.5. The van der Waals surface area contributed by atoms with E-state index >= 15 is 0 Å². The molecule has 9 heteroatoms. The summed E-state index contributed by atoms with van der Waals surface area (Å²) in [5.41, 5.74) is 1.77. The lowest BCUT2D eigenvalue weighted by atomic mass is 10.0. The van der Waals surface area contributed by atoms with Gasteiger partial charge in [0.15, 0.2) is 0 Å². The summed E-state index contributed by atoms with van der Waals surface area (Å²) in [6.45, 7) is 4.11. The number of hydrogen-bond donors (Lipinski definition) is 1. The maximum Gasteiger partial charge on any atom is 0.271 e. The molecule has 0 saturated carbocycles. The van der Waals surface area contributed by atoms with E-state index in [9.17, 15) is 23.3 Å². The summed E-state index contributed by atoms with van der Waals surface area (Å²) in [7, 11) is -3.66. The summed E-state index contributed by atoms with van der Waals surface area (Å²) in [6, 6.07) is 13.0. The zero-order valence-electron chi connectivity index (χ0n) is 16.7. The summed E-state index contributed by atoms with van der Waals surface area (Å²) in [5, 5.41) is 13.8. The number of sulfonamides is 1. The standard InChI is InChI=1S/C20H25N3O5S/c1-15(2)18-10-4-5-11-19(18)21-20(24)12-7-13-22(29(3,27)28)16-8-6-9-17(14-16)23(25)26/h4-6,8-11,14-15H,7,12-13H2,1-3H3,(H,21,24). The Bertz CT molecular complexity index is 989. The lowest BCUT2D eigenvalue weighted by molar-refractivity contribution is -0.384. The van der Waals surface area contributed by atoms with Crippen LogP contribution in [0.25, 0.3) is 0 Å². The molecule has 29 heavy (non-hydrogen) atoms. The Morgan fingerprint density at radius 1 is 1.17 bits per heavy atom. The van der Waals surface area contributed by atoms with E-state index in [1.807, 2.05) is 38.1 Å². The first kappa shape index (κ1) is 22.4. The minimum absolute atomic E-state index is 0.0409. The predicted molar refractivity (Wildman–Crippen MR) is 114 cm³/mol. The number of carbonyl (C=O) groups is 1. The molecule has 0 radical (unpaired) electrons. The van der Waals surface area contributed by atoms with Crippen molar-refractivity contribution in [1.82, 2.24) is 0 Å². The molecule has 0 unspecified atom stereocenters. The molecule has 0 aliphatic rings. The quantitative estimate of drug-likeness (QED) is 0.490. The van der Waals surface area contributed by atoms with Crippen LogP contribution in [0.3, 0.4) is 0 Å². The number of carbonyl (C=O) groups excluding carboxylic acids is 1. The number of anilines is 2. The van der Waals surface area contributed by atoms with E-state index in [1.54, 1.807) is 0 Å². The maximum atomic E-state index is 12.3. The van der Waals surface area contributed by atoms with E-state index in [2.05, 4.69) is 5.32 Å². The van der Waals surface area contributed by atoms with Crippen molar-refractivity contribution in [2.45, 2.75) is 32.6 Å². The lowest BCUT2D eigenvalue weighted by Gasteiger charge is -2.22. The predicted octanol–water partition coefficient (Wildman–Crippen LogP) is 3.90. The smallest absolute Gasteiger partial charge is 0.271 e. The van der Waals surface area contributed by atoms with Gasteiger partial charge < -0.3 is 5.32 Å². The number of para-hydroxylation sites is 1. The van der Waals surface area contributed by atoms with Crippen molar-refractivity contribution in [2.24, 2.45) is 0 Å². The average molecular weight is 420 g/mol. The third-order valence-electron chi connectivity index (χ3n) is 4.35. The number of nitrogens with one attached hydrogen (secondary N) is 1. The van der Waals surface area contributed by atoms with Crippen molar-refractivity contribution in [3.05, 3.63) is 64.2 Å². The highest BCUT2D eigenvalue weighted by Crippen LogP contribution is 2.25. The second-order valence-corrected chi connectivity index (χ2v) is 8.91. The highest BCUT2D eigenvalue weighted by Gasteiger charge is 2.20. The summed E-state index contributed by atoms with van der Waals surface area (Å²) in [4.78, 5) is 22.7. The molecule has 0 aliphatic carbocycles. The lowest BCUT2D eigenvalue weighted by Crippen LogP contribution is -2.31. The van der Waals surface area contributed by atoms with Gasteiger partial charge in [0.1, 0.15) is 0 Å². The number of benzene rings is 2. The highest BCUT2D eigenvalue weighted by atomic mass is 32.2. The van der Waals surface area contributed by atoms with Gasteiger partial charge in [-0.2, -0.15) is 0 Å². The fourth-order valence-electron chi connectivity index (χ4n) is 2.96. The van der Waals surface area contributed by atoms with Crippen LogP contribution in [0.1, 0.15) is 38.2 Å². The molecule has 0 saturated heterocycles. The number of nitrogens with zero attached hydrogens (tertiary/aromatic N) is 2. The Kier molecular flexibility index (Phi) is 7.33. The largest absolute Gasteiger partial charge is 0.326 e. The molecule has 0 heterocycles. The summed E-state index contributed by atoms with van der Waals surface area (Å²) in [5.74, 6) is 0.0340. The number of rotatable bonds is 9. The van der Waals surface area contributed by atoms with E-state index in [-0.39, 0.29) is 42.6 Å². The van der Waals surface area contributed by atoms with Gasteiger partial charge in [-0.3, -0.25) is 19.2 Å². The second kappa shape index (κ2) is 9.51. The van der Waals surface area contributed by atoms with Crippen LogP contribution in [0.4, 0.5) is 17.1 Å². The number of non-ortho nitro benzene ring substituents is 1. The van der Waals surface area contributed by atoms with Crippen LogP contribution < -0.4 is 9.62 Å². The van der Waals surface area contributed by atoms with Crippen LogP contribution in [0.15, 0.2) is 48.5 Å². The van der Waals surface area contributed by atoms with E-state index in [0.717, 1.165) is 21.8 Å². The van der Waals surface area contributed by atoms with Crippen LogP contribution in [-0.2, 0) is 14.8 Å². The van der Waals surface area contributed by atoms with Crippen LogP contribution in [0, 0.1) is 10.1 Å². The second-order valence-electron chi connectivity index (χ2n) is 7.01. The van der Waals surface area contributed by atoms with Crippen molar-refractivity contribution in [2.75, 3.05) is 22.4 Å². The normalized spacial score (nSPS) is 11.3. The minimum Gasteiger partial charge on any atom is -0.326 e. The average Bonchev–Trinajstić information content (AvgIpc) is 2.64. The molecule has 0 atom stereocenters. The SMILES string of the molecule is CC(C)c1ccccc1NC(=O)CCCN(c1cccc([N+](=O)[O-])c1)S(C)(=O)=O. The van der Waals surface area contributed by atoms with Gasteiger partial charge in [0.2, 0.25) is 15.9 Å². The van der Waals surface area contributed by atoms with Crippen molar-refractivity contribution in [3.63, 3.8) is 0 Å².